The zero-order valence-electron chi connectivity index (χ0n) is 11.0. The van der Waals surface area contributed by atoms with Crippen molar-refractivity contribution >= 4 is 10.1 Å². The molecule has 0 saturated heterocycles. The van der Waals surface area contributed by atoms with E-state index in [1.807, 2.05) is 13.8 Å². The van der Waals surface area contributed by atoms with Crippen LogP contribution in [0.25, 0.3) is 0 Å². The van der Waals surface area contributed by atoms with Crippen LogP contribution in [0, 0.1) is 0 Å². The Labute approximate surface area is 124 Å². The van der Waals surface area contributed by atoms with Crippen LogP contribution in [0.4, 0.5) is 0 Å². The van der Waals surface area contributed by atoms with E-state index in [1.165, 1.54) is 6.92 Å². The Hall–Kier alpha value is -1.21. The van der Waals surface area contributed by atoms with Crippen molar-refractivity contribution < 1.29 is 35.1 Å². The van der Waals surface area contributed by atoms with Gasteiger partial charge in [0.2, 0.25) is 0 Å². The number of nitrogens with zero attached hydrogens (tertiary/aromatic N) is 2. The number of azo groups is 1. The molecule has 19 heavy (non-hydrogen) atoms. The number of hydrogen-bond acceptors (Lipinski definition) is 5. The van der Waals surface area contributed by atoms with Crippen LogP contribution in [-0.4, -0.2) is 18.1 Å². The van der Waals surface area contributed by atoms with E-state index in [0.717, 1.165) is 6.08 Å². The maximum Gasteiger partial charge on any atom is 0.296 e. The van der Waals surface area contributed by atoms with Crippen LogP contribution in [0.1, 0.15) is 20.8 Å². The third-order valence-electron chi connectivity index (χ3n) is 1.29. The maximum absolute atomic E-state index is 10.9. The molecule has 0 spiro atoms. The molecule has 0 aliphatic rings. The number of aliphatic hydroxyl groups excluding tert-OH is 1. The first-order valence-electron chi connectivity index (χ1n) is 4.99. The second-order valence-electron chi connectivity index (χ2n) is 2.77. The zero-order chi connectivity index (χ0) is 14.9. The quantitative estimate of drug-likeness (QED) is 0.264. The molecule has 0 heterocycles. The summed E-state index contributed by atoms with van der Waals surface area (Å²) in [5, 5.41) is 16.0. The van der Waals surface area contributed by atoms with Crippen molar-refractivity contribution in [1.29, 1.82) is 0 Å². The van der Waals surface area contributed by atoms with E-state index in [4.69, 9.17) is 9.66 Å². The predicted molar refractivity (Wildman–Crippen MR) is 71.6 cm³/mol. The van der Waals surface area contributed by atoms with Crippen molar-refractivity contribution in [3.05, 3.63) is 47.9 Å². The molecule has 0 amide bonds. The molecule has 6 nitrogen and oxygen atoms in total. The number of allylic oxidation sites excluding steroid dienone is 2. The van der Waals surface area contributed by atoms with Crippen LogP contribution in [0.15, 0.2) is 58.1 Å². The monoisotopic (exact) mass is 337 g/mol. The molecule has 0 aliphatic heterocycles. The van der Waals surface area contributed by atoms with Crippen molar-refractivity contribution in [2.24, 2.45) is 10.2 Å². The van der Waals surface area contributed by atoms with Crippen LogP contribution in [0.5, 0.6) is 0 Å². The van der Waals surface area contributed by atoms with Gasteiger partial charge in [0.15, 0.2) is 0 Å². The van der Waals surface area contributed by atoms with E-state index in [2.05, 4.69) is 30.0 Å². The van der Waals surface area contributed by atoms with Gasteiger partial charge in [0.05, 0.1) is 5.70 Å². The summed E-state index contributed by atoms with van der Waals surface area (Å²) < 4.78 is 30.6. The molecule has 0 atom stereocenters. The van der Waals surface area contributed by atoms with Crippen LogP contribution < -0.4 is 0 Å². The van der Waals surface area contributed by atoms with Gasteiger partial charge < -0.3 is 5.11 Å². The molecule has 113 valence electrons. The molecular weight excluding hydrogens is 320 g/mol. The molecule has 0 aromatic rings. The zero-order valence-corrected chi connectivity index (χ0v) is 12.8. The minimum Gasteiger partial charge on any atom is -0.506 e. The first kappa shape index (κ1) is 22.9. The summed E-state index contributed by atoms with van der Waals surface area (Å²) in [6.45, 7) is 15.2. The molecule has 2 N–H and O–H groups in total. The molecule has 0 fully saturated rings. The number of rotatable bonds is 5. The summed E-state index contributed by atoms with van der Waals surface area (Å²) in [4.78, 5) is -0.676. The average molecular weight is 338 g/mol. The van der Waals surface area contributed by atoms with E-state index in [1.54, 1.807) is 0 Å². The molecule has 0 saturated carbocycles. The molecule has 0 unspecified atom stereocenters. The first-order valence-corrected chi connectivity index (χ1v) is 6.43. The Kier molecular flexibility index (Phi) is 12.9. The largest absolute Gasteiger partial charge is 0.506 e. The van der Waals surface area contributed by atoms with Crippen LogP contribution in [-0.2, 0) is 27.2 Å². The number of hydrogen-bond donors (Lipinski definition) is 2. The van der Waals surface area contributed by atoms with Crippen LogP contribution >= 0.6 is 0 Å². The Balaban J connectivity index is -0.000000809. The fraction of sp³-hybridized carbons (Fsp3) is 0.273. The molecule has 0 bridgehead atoms. The standard InChI is InChI=1S/C9H12N2O4S.C2H6.Cu/c1-5-8(16(13,14)15)9(7(4)12)11-10-6(2)3;1-2;/h5,12H,1-2,4H2,3H3,(H,13,14,15);1-2H3;/b9-8-,11-10?;;. The van der Waals surface area contributed by atoms with E-state index >= 15 is 0 Å². The molecule has 0 rings (SSSR count). The third kappa shape index (κ3) is 9.38. The SMILES string of the molecule is C=C/C(=C(/N=NC(=C)C)C(=C)O)S(=O)(=O)O.CC.[Cu]. The maximum atomic E-state index is 10.9. The fourth-order valence-electron chi connectivity index (χ4n) is 0.709. The van der Waals surface area contributed by atoms with Gasteiger partial charge in [0.1, 0.15) is 16.4 Å². The first-order chi connectivity index (χ1) is 8.20. The van der Waals surface area contributed by atoms with Crippen molar-refractivity contribution in [2.75, 3.05) is 0 Å². The van der Waals surface area contributed by atoms with Gasteiger partial charge in [-0.2, -0.15) is 13.5 Å². The molecular formula is C11H18CuN2O4S. The van der Waals surface area contributed by atoms with Gasteiger partial charge in [-0.25, -0.2) is 0 Å². The topological polar surface area (TPSA) is 99.3 Å². The van der Waals surface area contributed by atoms with Crippen molar-refractivity contribution in [3.8, 4) is 0 Å². The summed E-state index contributed by atoms with van der Waals surface area (Å²) in [5.74, 6) is -0.655. The Morgan fingerprint density at radius 3 is 1.84 bits per heavy atom. The van der Waals surface area contributed by atoms with Gasteiger partial charge in [-0.3, -0.25) is 4.55 Å². The Bertz CT molecular complexity index is 493. The van der Waals surface area contributed by atoms with Gasteiger partial charge >= 0.3 is 0 Å². The van der Waals surface area contributed by atoms with E-state index in [9.17, 15) is 8.42 Å². The summed E-state index contributed by atoms with van der Waals surface area (Å²) in [6, 6.07) is 0. The molecule has 0 aromatic carbocycles. The van der Waals surface area contributed by atoms with Gasteiger partial charge in [-0.15, -0.1) is 5.11 Å². The summed E-state index contributed by atoms with van der Waals surface area (Å²) in [6.07, 6.45) is 0.823. The van der Waals surface area contributed by atoms with Gasteiger partial charge in [0.25, 0.3) is 10.1 Å². The van der Waals surface area contributed by atoms with Gasteiger partial charge in [-0.05, 0) is 13.0 Å². The normalized spacial score (nSPS) is 11.6. The average Bonchev–Trinajstić information content (AvgIpc) is 2.24. The van der Waals surface area contributed by atoms with E-state index in [-0.39, 0.29) is 22.8 Å². The van der Waals surface area contributed by atoms with Gasteiger partial charge in [-0.1, -0.05) is 33.6 Å². The Morgan fingerprint density at radius 2 is 1.63 bits per heavy atom. The van der Waals surface area contributed by atoms with Crippen molar-refractivity contribution in [3.63, 3.8) is 0 Å². The summed E-state index contributed by atoms with van der Waals surface area (Å²) in [5.41, 5.74) is -0.196. The second-order valence-corrected chi connectivity index (χ2v) is 4.16. The van der Waals surface area contributed by atoms with Crippen molar-refractivity contribution in [2.45, 2.75) is 20.8 Å². The Morgan fingerprint density at radius 1 is 1.21 bits per heavy atom. The minimum atomic E-state index is -4.55. The molecule has 0 aromatic heterocycles. The number of aliphatic hydroxyl groups is 1. The minimum absolute atomic E-state index is 0. The second kappa shape index (κ2) is 10.7. The molecule has 8 heteroatoms. The van der Waals surface area contributed by atoms with E-state index in [0.29, 0.717) is 0 Å². The summed E-state index contributed by atoms with van der Waals surface area (Å²) >= 11 is 0. The fourth-order valence-corrected chi connectivity index (χ4v) is 1.32. The van der Waals surface area contributed by atoms with Gasteiger partial charge in [0, 0.05) is 17.1 Å². The van der Waals surface area contributed by atoms with Crippen LogP contribution in [0.2, 0.25) is 0 Å². The third-order valence-corrected chi connectivity index (χ3v) is 2.21. The van der Waals surface area contributed by atoms with Crippen molar-refractivity contribution in [1.82, 2.24) is 0 Å². The van der Waals surface area contributed by atoms with E-state index < -0.39 is 26.5 Å². The molecule has 0 aliphatic carbocycles. The van der Waals surface area contributed by atoms with Crippen LogP contribution in [0.3, 0.4) is 0 Å². The predicted octanol–water partition coefficient (Wildman–Crippen LogP) is 3.35. The molecule has 1 radical (unpaired) electrons. The smallest absolute Gasteiger partial charge is 0.296 e. The summed E-state index contributed by atoms with van der Waals surface area (Å²) in [7, 11) is -4.55.